The molecule has 2 aliphatic carbocycles. The molecule has 5 nitrogen and oxygen atoms in total. The van der Waals surface area contributed by atoms with Crippen LogP contribution in [0.1, 0.15) is 12.8 Å². The third-order valence-corrected chi connectivity index (χ3v) is 5.73. The highest BCUT2D eigenvalue weighted by atomic mass is 35.5. The van der Waals surface area contributed by atoms with E-state index < -0.39 is 41.7 Å². The first kappa shape index (κ1) is 15.0. The number of esters is 1. The molecule has 116 valence electrons. The minimum absolute atomic E-state index is 0.175. The van der Waals surface area contributed by atoms with Crippen molar-refractivity contribution in [2.24, 2.45) is 17.8 Å². The Bertz CT molecular complexity index is 518. The lowest BCUT2D eigenvalue weighted by atomic mass is 9.76. The summed E-state index contributed by atoms with van der Waals surface area (Å²) >= 11 is 5.90. The standard InChI is InChI=1S/C15H19ClO5/c1-6-3-9(17)11-7(2)14(19)21-13(11)12-8(6)4-10(18)15(12,20)5-16/h8-13,17-18,20H,1-5H2/t8-,9-,10-,11+,12-,13-,15+/m0/s1. The molecule has 6 heteroatoms. The maximum absolute atomic E-state index is 11.8. The predicted octanol–water partition coefficient (Wildman–Crippen LogP) is 0.372. The van der Waals surface area contributed by atoms with Crippen molar-refractivity contribution in [1.29, 1.82) is 0 Å². The fourth-order valence-corrected chi connectivity index (χ4v) is 4.53. The summed E-state index contributed by atoms with van der Waals surface area (Å²) in [7, 11) is 0. The highest BCUT2D eigenvalue weighted by Gasteiger charge is 2.63. The Morgan fingerprint density at radius 3 is 2.67 bits per heavy atom. The molecule has 0 amide bonds. The number of ether oxygens (including phenoxy) is 1. The number of carbonyl (C=O) groups excluding carboxylic acids is 1. The number of carbonyl (C=O) groups is 1. The predicted molar refractivity (Wildman–Crippen MR) is 75.5 cm³/mol. The molecular formula is C15H19ClO5. The Kier molecular flexibility index (Phi) is 3.44. The molecule has 2 saturated carbocycles. The zero-order valence-corrected chi connectivity index (χ0v) is 12.3. The van der Waals surface area contributed by atoms with Crippen molar-refractivity contribution in [2.45, 2.75) is 36.8 Å². The monoisotopic (exact) mass is 314 g/mol. The van der Waals surface area contributed by atoms with E-state index in [0.29, 0.717) is 12.8 Å². The Labute approximate surface area is 127 Å². The van der Waals surface area contributed by atoms with E-state index in [-0.39, 0.29) is 17.4 Å². The number of aliphatic hydroxyl groups is 3. The van der Waals surface area contributed by atoms with Gasteiger partial charge in [-0.25, -0.2) is 4.79 Å². The van der Waals surface area contributed by atoms with Gasteiger partial charge in [-0.15, -0.1) is 11.6 Å². The van der Waals surface area contributed by atoms with E-state index in [9.17, 15) is 20.1 Å². The number of halogens is 1. The molecule has 3 rings (SSSR count). The Morgan fingerprint density at radius 2 is 2.05 bits per heavy atom. The van der Waals surface area contributed by atoms with Crippen molar-refractivity contribution in [3.05, 3.63) is 24.3 Å². The van der Waals surface area contributed by atoms with Crippen LogP contribution in [0.2, 0.25) is 0 Å². The van der Waals surface area contributed by atoms with Crippen molar-refractivity contribution in [3.8, 4) is 0 Å². The van der Waals surface area contributed by atoms with Gasteiger partial charge < -0.3 is 20.1 Å². The second-order valence-corrected chi connectivity index (χ2v) is 6.63. The average molecular weight is 315 g/mol. The molecule has 7 atom stereocenters. The maximum Gasteiger partial charge on any atom is 0.334 e. The minimum atomic E-state index is -1.56. The van der Waals surface area contributed by atoms with Crippen LogP contribution in [0, 0.1) is 17.8 Å². The largest absolute Gasteiger partial charge is 0.458 e. The molecule has 3 aliphatic rings. The highest BCUT2D eigenvalue weighted by molar-refractivity contribution is 6.18. The van der Waals surface area contributed by atoms with E-state index >= 15 is 0 Å². The molecule has 0 unspecified atom stereocenters. The van der Waals surface area contributed by atoms with Gasteiger partial charge in [0.25, 0.3) is 0 Å². The van der Waals surface area contributed by atoms with Gasteiger partial charge in [0.2, 0.25) is 0 Å². The Morgan fingerprint density at radius 1 is 1.38 bits per heavy atom. The van der Waals surface area contributed by atoms with Crippen LogP contribution in [-0.2, 0) is 9.53 Å². The summed E-state index contributed by atoms with van der Waals surface area (Å²) in [6, 6.07) is 0. The molecule has 0 spiro atoms. The minimum Gasteiger partial charge on any atom is -0.458 e. The quantitative estimate of drug-likeness (QED) is 0.282. The van der Waals surface area contributed by atoms with Gasteiger partial charge in [0.05, 0.1) is 24.0 Å². The molecular weight excluding hydrogens is 296 g/mol. The third-order valence-electron chi connectivity index (χ3n) is 5.30. The summed E-state index contributed by atoms with van der Waals surface area (Å²) in [5.74, 6) is -2.15. The smallest absolute Gasteiger partial charge is 0.334 e. The van der Waals surface area contributed by atoms with Crippen molar-refractivity contribution >= 4 is 17.6 Å². The Hall–Kier alpha value is -0.880. The summed E-state index contributed by atoms with van der Waals surface area (Å²) in [6.45, 7) is 7.68. The zero-order chi connectivity index (χ0) is 15.5. The summed E-state index contributed by atoms with van der Waals surface area (Å²) < 4.78 is 5.37. The van der Waals surface area contributed by atoms with Crippen LogP contribution in [0.4, 0.5) is 0 Å². The Balaban J connectivity index is 2.09. The van der Waals surface area contributed by atoms with Gasteiger partial charge in [-0.3, -0.25) is 0 Å². The first-order valence-electron chi connectivity index (χ1n) is 7.03. The molecule has 0 aromatic carbocycles. The lowest BCUT2D eigenvalue weighted by Crippen LogP contribution is -2.52. The van der Waals surface area contributed by atoms with E-state index in [2.05, 4.69) is 13.2 Å². The summed E-state index contributed by atoms with van der Waals surface area (Å²) in [6.07, 6.45) is -1.98. The van der Waals surface area contributed by atoms with E-state index in [0.717, 1.165) is 5.57 Å². The number of fused-ring (bicyclic) bond motifs is 3. The lowest BCUT2D eigenvalue weighted by molar-refractivity contribution is -0.151. The molecule has 3 fully saturated rings. The average Bonchev–Trinajstić information content (AvgIpc) is 2.82. The SMILES string of the molecule is C=C1C(=O)O[C@H]2[C@H]1[C@@H](O)CC(=C)[C@@H]1C[C@H](O)[C@](O)(CCl)[C@H]21. The summed E-state index contributed by atoms with van der Waals surface area (Å²) in [5, 5.41) is 31.3. The van der Waals surface area contributed by atoms with Crippen LogP contribution in [0.15, 0.2) is 24.3 Å². The van der Waals surface area contributed by atoms with E-state index in [1.54, 1.807) is 0 Å². The molecule has 21 heavy (non-hydrogen) atoms. The van der Waals surface area contributed by atoms with Gasteiger partial charge in [0, 0.05) is 11.5 Å². The number of aliphatic hydroxyl groups excluding tert-OH is 2. The first-order valence-corrected chi connectivity index (χ1v) is 7.56. The number of alkyl halides is 1. The second kappa shape index (κ2) is 4.81. The lowest BCUT2D eigenvalue weighted by Gasteiger charge is -2.36. The van der Waals surface area contributed by atoms with Crippen molar-refractivity contribution in [1.82, 2.24) is 0 Å². The van der Waals surface area contributed by atoms with Crippen LogP contribution >= 0.6 is 11.6 Å². The van der Waals surface area contributed by atoms with Gasteiger partial charge in [0.15, 0.2) is 0 Å². The van der Waals surface area contributed by atoms with Crippen molar-refractivity contribution in [3.63, 3.8) is 0 Å². The normalized spacial score (nSPS) is 49.6. The van der Waals surface area contributed by atoms with Crippen molar-refractivity contribution in [2.75, 3.05) is 5.88 Å². The molecule has 0 aromatic rings. The summed E-state index contributed by atoms with van der Waals surface area (Å²) in [5.41, 5.74) is -0.613. The molecule has 1 heterocycles. The molecule has 0 aromatic heterocycles. The van der Waals surface area contributed by atoms with Gasteiger partial charge >= 0.3 is 5.97 Å². The highest BCUT2D eigenvalue weighted by Crippen LogP contribution is 2.54. The third kappa shape index (κ3) is 1.91. The molecule has 1 saturated heterocycles. The van der Waals surface area contributed by atoms with Gasteiger partial charge in [-0.05, 0) is 18.8 Å². The van der Waals surface area contributed by atoms with Gasteiger partial charge in [-0.1, -0.05) is 18.7 Å². The maximum atomic E-state index is 11.8. The van der Waals surface area contributed by atoms with E-state index in [4.69, 9.17) is 16.3 Å². The fraction of sp³-hybridized carbons (Fsp3) is 0.667. The van der Waals surface area contributed by atoms with Crippen LogP contribution in [0.25, 0.3) is 0 Å². The topological polar surface area (TPSA) is 87.0 Å². The van der Waals surface area contributed by atoms with E-state index in [1.165, 1.54) is 0 Å². The van der Waals surface area contributed by atoms with Crippen LogP contribution < -0.4 is 0 Å². The number of hydrogen-bond acceptors (Lipinski definition) is 5. The zero-order valence-electron chi connectivity index (χ0n) is 11.5. The number of hydrogen-bond donors (Lipinski definition) is 3. The van der Waals surface area contributed by atoms with Crippen LogP contribution in [0.5, 0.6) is 0 Å². The molecule has 1 aliphatic heterocycles. The van der Waals surface area contributed by atoms with Gasteiger partial charge in [0.1, 0.15) is 11.7 Å². The second-order valence-electron chi connectivity index (χ2n) is 6.36. The summed E-state index contributed by atoms with van der Waals surface area (Å²) in [4.78, 5) is 11.8. The first-order chi connectivity index (χ1) is 9.81. The molecule has 0 radical (unpaired) electrons. The molecule has 0 bridgehead atoms. The fourth-order valence-electron chi connectivity index (χ4n) is 4.18. The van der Waals surface area contributed by atoms with Crippen LogP contribution in [0.3, 0.4) is 0 Å². The van der Waals surface area contributed by atoms with Crippen molar-refractivity contribution < 1.29 is 24.9 Å². The van der Waals surface area contributed by atoms with Gasteiger partial charge in [-0.2, -0.15) is 0 Å². The van der Waals surface area contributed by atoms with E-state index in [1.807, 2.05) is 0 Å². The number of rotatable bonds is 1. The van der Waals surface area contributed by atoms with Crippen LogP contribution in [-0.4, -0.2) is 51.1 Å². The molecule has 3 N–H and O–H groups in total.